The zero-order chi connectivity index (χ0) is 11.5. The number of halogens is 2. The van der Waals surface area contributed by atoms with Gasteiger partial charge in [0.25, 0.3) is 0 Å². The number of nitrogens with one attached hydrogen (secondary N) is 1. The van der Waals surface area contributed by atoms with Gasteiger partial charge in [-0.05, 0) is 46.6 Å². The van der Waals surface area contributed by atoms with Crippen LogP contribution in [-0.2, 0) is 6.54 Å². The summed E-state index contributed by atoms with van der Waals surface area (Å²) in [7, 11) is 0. The molecule has 0 fully saturated rings. The van der Waals surface area contributed by atoms with Crippen LogP contribution in [0.2, 0.25) is 5.02 Å². The molecule has 0 radical (unpaired) electrons. The molecule has 0 unspecified atom stereocenters. The van der Waals surface area contributed by atoms with E-state index in [9.17, 15) is 0 Å². The number of aryl methyl sites for hydroxylation is 1. The van der Waals surface area contributed by atoms with E-state index in [1.807, 2.05) is 31.2 Å². The Kier molecular flexibility index (Phi) is 3.56. The average Bonchev–Trinajstić information content (AvgIpc) is 2.63. The van der Waals surface area contributed by atoms with E-state index in [1.165, 1.54) is 0 Å². The third-order valence-electron chi connectivity index (χ3n) is 2.26. The molecule has 0 bridgehead atoms. The summed E-state index contributed by atoms with van der Waals surface area (Å²) < 4.78 is 6.26. The molecule has 2 nitrogen and oxygen atoms in total. The standard InChI is InChI=1S/C12H11BrClNO/c1-8-2-3-11(10(14)6-8)15-7-12-9(13)4-5-16-12/h2-6,15H,7H2,1H3. The largest absolute Gasteiger partial charge is 0.466 e. The van der Waals surface area contributed by atoms with Crippen molar-refractivity contribution in [1.82, 2.24) is 0 Å². The van der Waals surface area contributed by atoms with Gasteiger partial charge in [0.15, 0.2) is 0 Å². The first kappa shape index (κ1) is 11.6. The minimum absolute atomic E-state index is 0.608. The maximum absolute atomic E-state index is 6.10. The van der Waals surface area contributed by atoms with Gasteiger partial charge in [-0.3, -0.25) is 0 Å². The van der Waals surface area contributed by atoms with Crippen molar-refractivity contribution in [2.45, 2.75) is 13.5 Å². The Hall–Kier alpha value is -0.930. The highest BCUT2D eigenvalue weighted by Gasteiger charge is 2.04. The van der Waals surface area contributed by atoms with Gasteiger partial charge in [-0.1, -0.05) is 17.7 Å². The van der Waals surface area contributed by atoms with Gasteiger partial charge in [-0.15, -0.1) is 0 Å². The van der Waals surface area contributed by atoms with E-state index in [0.717, 1.165) is 26.5 Å². The Labute approximate surface area is 108 Å². The lowest BCUT2D eigenvalue weighted by molar-refractivity contribution is 0.516. The second-order valence-corrected chi connectivity index (χ2v) is 4.79. The predicted octanol–water partition coefficient (Wildman–Crippen LogP) is 4.62. The van der Waals surface area contributed by atoms with Crippen LogP contribution in [0.15, 0.2) is 39.4 Å². The Morgan fingerprint density at radius 3 is 2.81 bits per heavy atom. The summed E-state index contributed by atoms with van der Waals surface area (Å²) in [6.45, 7) is 2.62. The van der Waals surface area contributed by atoms with Crippen molar-refractivity contribution < 1.29 is 4.42 Å². The van der Waals surface area contributed by atoms with Crippen molar-refractivity contribution in [1.29, 1.82) is 0 Å². The Bertz CT molecular complexity index is 496. The second kappa shape index (κ2) is 4.93. The quantitative estimate of drug-likeness (QED) is 0.895. The van der Waals surface area contributed by atoms with E-state index in [4.69, 9.17) is 16.0 Å². The van der Waals surface area contributed by atoms with Gasteiger partial charge in [0.1, 0.15) is 5.76 Å². The summed E-state index contributed by atoms with van der Waals surface area (Å²) in [5, 5.41) is 3.95. The van der Waals surface area contributed by atoms with Gasteiger partial charge >= 0.3 is 0 Å². The molecule has 2 aromatic rings. The second-order valence-electron chi connectivity index (χ2n) is 3.53. The molecule has 0 saturated carbocycles. The van der Waals surface area contributed by atoms with Crippen LogP contribution in [0.4, 0.5) is 5.69 Å². The first-order chi connectivity index (χ1) is 7.66. The molecule has 0 saturated heterocycles. The number of anilines is 1. The van der Waals surface area contributed by atoms with Crippen molar-refractivity contribution in [2.75, 3.05) is 5.32 Å². The zero-order valence-electron chi connectivity index (χ0n) is 8.76. The van der Waals surface area contributed by atoms with E-state index in [-0.39, 0.29) is 0 Å². The third-order valence-corrected chi connectivity index (χ3v) is 3.27. The van der Waals surface area contributed by atoms with Crippen molar-refractivity contribution in [3.8, 4) is 0 Å². The van der Waals surface area contributed by atoms with Crippen molar-refractivity contribution in [3.05, 3.63) is 51.3 Å². The molecule has 1 heterocycles. The normalized spacial score (nSPS) is 10.4. The molecule has 0 aliphatic carbocycles. The van der Waals surface area contributed by atoms with Crippen LogP contribution in [0, 0.1) is 6.92 Å². The molecule has 4 heteroatoms. The first-order valence-electron chi connectivity index (χ1n) is 4.88. The Morgan fingerprint density at radius 2 is 2.19 bits per heavy atom. The number of furan rings is 1. The maximum atomic E-state index is 6.10. The Morgan fingerprint density at radius 1 is 1.38 bits per heavy atom. The average molecular weight is 301 g/mol. The molecule has 2 rings (SSSR count). The van der Waals surface area contributed by atoms with E-state index in [2.05, 4.69) is 21.2 Å². The first-order valence-corrected chi connectivity index (χ1v) is 6.06. The summed E-state index contributed by atoms with van der Waals surface area (Å²) in [4.78, 5) is 0. The van der Waals surface area contributed by atoms with Crippen LogP contribution < -0.4 is 5.32 Å². The van der Waals surface area contributed by atoms with Crippen LogP contribution in [0.25, 0.3) is 0 Å². The zero-order valence-corrected chi connectivity index (χ0v) is 11.1. The molecule has 1 aromatic heterocycles. The SMILES string of the molecule is Cc1ccc(NCc2occc2Br)c(Cl)c1. The van der Waals surface area contributed by atoms with E-state index in [0.29, 0.717) is 6.54 Å². The van der Waals surface area contributed by atoms with Crippen LogP contribution >= 0.6 is 27.5 Å². The van der Waals surface area contributed by atoms with Gasteiger partial charge in [0.2, 0.25) is 0 Å². The molecular formula is C12H11BrClNO. The fourth-order valence-corrected chi connectivity index (χ4v) is 2.03. The van der Waals surface area contributed by atoms with Crippen molar-refractivity contribution in [3.63, 3.8) is 0 Å². The summed E-state index contributed by atoms with van der Waals surface area (Å²) in [5.41, 5.74) is 2.06. The van der Waals surface area contributed by atoms with Crippen LogP contribution in [0.3, 0.4) is 0 Å². The summed E-state index contributed by atoms with van der Waals surface area (Å²) in [6, 6.07) is 7.79. The highest BCUT2D eigenvalue weighted by Crippen LogP contribution is 2.24. The van der Waals surface area contributed by atoms with Crippen molar-refractivity contribution in [2.24, 2.45) is 0 Å². The molecule has 1 N–H and O–H groups in total. The molecule has 0 atom stereocenters. The Balaban J connectivity index is 2.08. The van der Waals surface area contributed by atoms with E-state index < -0.39 is 0 Å². The van der Waals surface area contributed by atoms with Crippen molar-refractivity contribution >= 4 is 33.2 Å². The third kappa shape index (κ3) is 2.60. The van der Waals surface area contributed by atoms with Gasteiger partial charge in [0, 0.05) is 0 Å². The number of hydrogen-bond acceptors (Lipinski definition) is 2. The monoisotopic (exact) mass is 299 g/mol. The topological polar surface area (TPSA) is 25.2 Å². The predicted molar refractivity (Wildman–Crippen MR) is 69.9 cm³/mol. The number of rotatable bonds is 3. The van der Waals surface area contributed by atoms with Gasteiger partial charge in [0.05, 0.1) is 28.0 Å². The lowest BCUT2D eigenvalue weighted by atomic mass is 10.2. The lowest BCUT2D eigenvalue weighted by Crippen LogP contribution is -1.99. The molecule has 16 heavy (non-hydrogen) atoms. The van der Waals surface area contributed by atoms with Gasteiger partial charge in [-0.2, -0.15) is 0 Å². The summed E-state index contributed by atoms with van der Waals surface area (Å²) in [5.74, 6) is 0.858. The smallest absolute Gasteiger partial charge is 0.136 e. The molecule has 1 aromatic carbocycles. The van der Waals surface area contributed by atoms with Crippen LogP contribution in [0.5, 0.6) is 0 Å². The summed E-state index contributed by atoms with van der Waals surface area (Å²) in [6.07, 6.45) is 1.65. The molecular weight excluding hydrogens is 289 g/mol. The van der Waals surface area contributed by atoms with E-state index in [1.54, 1.807) is 6.26 Å². The minimum atomic E-state index is 0.608. The molecule has 0 aliphatic rings. The highest BCUT2D eigenvalue weighted by molar-refractivity contribution is 9.10. The highest BCUT2D eigenvalue weighted by atomic mass is 79.9. The number of benzene rings is 1. The fourth-order valence-electron chi connectivity index (χ4n) is 1.39. The maximum Gasteiger partial charge on any atom is 0.136 e. The minimum Gasteiger partial charge on any atom is -0.466 e. The molecule has 84 valence electrons. The molecule has 0 spiro atoms. The lowest BCUT2D eigenvalue weighted by Gasteiger charge is -2.07. The van der Waals surface area contributed by atoms with E-state index >= 15 is 0 Å². The van der Waals surface area contributed by atoms with Crippen LogP contribution in [-0.4, -0.2) is 0 Å². The molecule has 0 aliphatic heterocycles. The number of hydrogen-bond donors (Lipinski definition) is 1. The fraction of sp³-hybridized carbons (Fsp3) is 0.167. The van der Waals surface area contributed by atoms with Crippen LogP contribution in [0.1, 0.15) is 11.3 Å². The molecule has 0 amide bonds. The summed E-state index contributed by atoms with van der Waals surface area (Å²) >= 11 is 9.51. The van der Waals surface area contributed by atoms with Gasteiger partial charge in [-0.25, -0.2) is 0 Å². The van der Waals surface area contributed by atoms with Gasteiger partial charge < -0.3 is 9.73 Å².